The number of halogens is 2. The van der Waals surface area contributed by atoms with E-state index in [0.717, 1.165) is 17.7 Å². The van der Waals surface area contributed by atoms with Crippen molar-refractivity contribution in [2.75, 3.05) is 23.7 Å². The Labute approximate surface area is 190 Å². The molecule has 6 nitrogen and oxygen atoms in total. The number of nitrogens with one attached hydrogen (secondary N) is 2. The van der Waals surface area contributed by atoms with Crippen LogP contribution in [0.2, 0.25) is 0 Å². The quantitative estimate of drug-likeness (QED) is 0.567. The topological polar surface area (TPSA) is 74.3 Å². The maximum absolute atomic E-state index is 13.8. The number of likely N-dealkylation sites (tertiary alicyclic amines) is 1. The van der Waals surface area contributed by atoms with Crippen LogP contribution >= 0.6 is 0 Å². The summed E-state index contributed by atoms with van der Waals surface area (Å²) in [5.41, 5.74) is 2.68. The zero-order chi connectivity index (χ0) is 23.2. The molecule has 4 rings (SSSR count). The Hall–Kier alpha value is -4.07. The van der Waals surface area contributed by atoms with Crippen LogP contribution in [0.4, 0.5) is 25.0 Å². The van der Waals surface area contributed by atoms with Crippen molar-refractivity contribution in [2.24, 2.45) is 0 Å². The van der Waals surface area contributed by atoms with Crippen LogP contribution in [0.15, 0.2) is 72.4 Å². The van der Waals surface area contributed by atoms with Crippen molar-refractivity contribution < 1.29 is 18.4 Å². The van der Waals surface area contributed by atoms with E-state index < -0.39 is 11.6 Å². The van der Waals surface area contributed by atoms with Crippen molar-refractivity contribution in [3.8, 4) is 0 Å². The van der Waals surface area contributed by atoms with Crippen molar-refractivity contribution in [3.05, 3.63) is 95.3 Å². The first kappa shape index (κ1) is 22.1. The van der Waals surface area contributed by atoms with E-state index in [4.69, 9.17) is 0 Å². The molecule has 1 aliphatic rings. The Morgan fingerprint density at radius 1 is 0.909 bits per heavy atom. The molecule has 1 saturated heterocycles. The predicted molar refractivity (Wildman–Crippen MR) is 123 cm³/mol. The first-order valence-electron chi connectivity index (χ1n) is 10.5. The maximum atomic E-state index is 13.8. The lowest BCUT2D eigenvalue weighted by molar-refractivity contribution is 0.102. The van der Waals surface area contributed by atoms with E-state index in [-0.39, 0.29) is 17.5 Å². The number of rotatable bonds is 4. The summed E-state index contributed by atoms with van der Waals surface area (Å²) >= 11 is 0. The van der Waals surface area contributed by atoms with Crippen molar-refractivity contribution in [1.29, 1.82) is 0 Å². The van der Waals surface area contributed by atoms with Gasteiger partial charge < -0.3 is 15.5 Å². The number of piperidine rings is 1. The second-order valence-corrected chi connectivity index (χ2v) is 7.63. The molecule has 2 N–H and O–H groups in total. The molecule has 33 heavy (non-hydrogen) atoms. The third-order valence-electron chi connectivity index (χ3n) is 5.30. The molecule has 0 saturated carbocycles. The van der Waals surface area contributed by atoms with Gasteiger partial charge in [-0.15, -0.1) is 0 Å². The molecule has 3 aromatic rings. The molecule has 2 aromatic carbocycles. The first-order chi connectivity index (χ1) is 16.0. The van der Waals surface area contributed by atoms with E-state index in [9.17, 15) is 18.4 Å². The number of amides is 3. The molecule has 0 atom stereocenters. The summed E-state index contributed by atoms with van der Waals surface area (Å²) in [6.45, 7) is 0.958. The van der Waals surface area contributed by atoms with E-state index in [1.807, 2.05) is 0 Å². The SMILES string of the molecule is O=C(Nc1ccc(NC(=O)N2CCC(=Cc3cc(F)ccc3F)CC2)cc1)c1ccccn1. The molecule has 0 aliphatic carbocycles. The third kappa shape index (κ3) is 5.79. The van der Waals surface area contributed by atoms with Gasteiger partial charge >= 0.3 is 6.03 Å². The highest BCUT2D eigenvalue weighted by molar-refractivity contribution is 6.03. The number of carbonyl (C=O) groups excluding carboxylic acids is 2. The number of pyridine rings is 1. The number of hydrogen-bond acceptors (Lipinski definition) is 3. The zero-order valence-electron chi connectivity index (χ0n) is 17.7. The zero-order valence-corrected chi connectivity index (χ0v) is 17.7. The number of benzene rings is 2. The Bertz CT molecular complexity index is 1170. The van der Waals surface area contributed by atoms with Gasteiger partial charge in [0.25, 0.3) is 5.91 Å². The van der Waals surface area contributed by atoms with Crippen LogP contribution in [0.1, 0.15) is 28.9 Å². The fourth-order valence-corrected chi connectivity index (χ4v) is 3.52. The number of anilines is 2. The van der Waals surface area contributed by atoms with Crippen LogP contribution in [-0.4, -0.2) is 34.9 Å². The Kier molecular flexibility index (Phi) is 6.73. The standard InChI is InChI=1S/C25H22F2N4O2/c26-19-4-9-22(27)18(16-19)15-17-10-13-31(14-11-17)25(33)30-21-7-5-20(6-8-21)29-24(32)23-3-1-2-12-28-23/h1-9,12,15-16H,10-11,13-14H2,(H,29,32)(H,30,33). The summed E-state index contributed by atoms with van der Waals surface area (Å²) in [4.78, 5) is 30.4. The summed E-state index contributed by atoms with van der Waals surface area (Å²) in [7, 11) is 0. The van der Waals surface area contributed by atoms with Crippen LogP contribution in [0.25, 0.3) is 6.08 Å². The van der Waals surface area contributed by atoms with Crippen LogP contribution in [-0.2, 0) is 0 Å². The van der Waals surface area contributed by atoms with Gasteiger partial charge in [-0.1, -0.05) is 17.7 Å². The summed E-state index contributed by atoms with van der Waals surface area (Å²) in [5, 5.41) is 5.59. The number of urea groups is 1. The van der Waals surface area contributed by atoms with Gasteiger partial charge in [-0.3, -0.25) is 9.78 Å². The molecule has 1 aromatic heterocycles. The van der Waals surface area contributed by atoms with Gasteiger partial charge in [0.2, 0.25) is 0 Å². The molecule has 168 valence electrons. The van der Waals surface area contributed by atoms with Gasteiger partial charge in [0.1, 0.15) is 17.3 Å². The van der Waals surface area contributed by atoms with Crippen molar-refractivity contribution in [1.82, 2.24) is 9.88 Å². The van der Waals surface area contributed by atoms with Crippen molar-refractivity contribution in [3.63, 3.8) is 0 Å². The van der Waals surface area contributed by atoms with E-state index in [1.165, 1.54) is 6.07 Å². The Morgan fingerprint density at radius 2 is 1.61 bits per heavy atom. The molecule has 0 spiro atoms. The molecule has 1 fully saturated rings. The van der Waals surface area contributed by atoms with Crippen molar-refractivity contribution >= 4 is 29.4 Å². The van der Waals surface area contributed by atoms with Gasteiger partial charge in [0.05, 0.1) is 0 Å². The molecule has 3 amide bonds. The van der Waals surface area contributed by atoms with Crippen LogP contribution in [0.3, 0.4) is 0 Å². The van der Waals surface area contributed by atoms with E-state index in [2.05, 4.69) is 15.6 Å². The third-order valence-corrected chi connectivity index (χ3v) is 5.30. The molecule has 1 aliphatic heterocycles. The molecule has 0 bridgehead atoms. The van der Waals surface area contributed by atoms with Gasteiger partial charge in [0.15, 0.2) is 0 Å². The summed E-state index contributed by atoms with van der Waals surface area (Å²) < 4.78 is 27.2. The molecular formula is C25H22F2N4O2. The van der Waals surface area contributed by atoms with Gasteiger partial charge in [0, 0.05) is 36.2 Å². The number of carbonyl (C=O) groups is 2. The molecular weight excluding hydrogens is 426 g/mol. The average molecular weight is 448 g/mol. The lowest BCUT2D eigenvalue weighted by Crippen LogP contribution is -2.39. The molecule has 8 heteroatoms. The summed E-state index contributed by atoms with van der Waals surface area (Å²) in [6.07, 6.45) is 4.38. The highest BCUT2D eigenvalue weighted by Crippen LogP contribution is 2.22. The highest BCUT2D eigenvalue weighted by Gasteiger charge is 2.19. The minimum Gasteiger partial charge on any atom is -0.324 e. The number of nitrogens with zero attached hydrogens (tertiary/aromatic N) is 2. The maximum Gasteiger partial charge on any atom is 0.321 e. The van der Waals surface area contributed by atoms with E-state index >= 15 is 0 Å². The monoisotopic (exact) mass is 448 g/mol. The average Bonchev–Trinajstić information content (AvgIpc) is 2.83. The number of hydrogen-bond donors (Lipinski definition) is 2. The fourth-order valence-electron chi connectivity index (χ4n) is 3.52. The minimum absolute atomic E-state index is 0.220. The van der Waals surface area contributed by atoms with Gasteiger partial charge in [-0.05, 0) is 67.4 Å². The Morgan fingerprint density at radius 3 is 2.27 bits per heavy atom. The largest absolute Gasteiger partial charge is 0.324 e. The predicted octanol–water partition coefficient (Wildman–Crippen LogP) is 5.32. The number of aromatic nitrogens is 1. The summed E-state index contributed by atoms with van der Waals surface area (Å²) in [5.74, 6) is -1.27. The van der Waals surface area contributed by atoms with E-state index in [0.29, 0.717) is 43.0 Å². The Balaban J connectivity index is 1.29. The lowest BCUT2D eigenvalue weighted by Gasteiger charge is -2.28. The molecule has 0 unspecified atom stereocenters. The van der Waals surface area contributed by atoms with Crippen LogP contribution in [0.5, 0.6) is 0 Å². The summed E-state index contributed by atoms with van der Waals surface area (Å²) in [6, 6.07) is 15.0. The van der Waals surface area contributed by atoms with Crippen LogP contribution in [0, 0.1) is 11.6 Å². The van der Waals surface area contributed by atoms with E-state index in [1.54, 1.807) is 59.6 Å². The minimum atomic E-state index is -0.484. The second kappa shape index (κ2) is 10.0. The fraction of sp³-hybridized carbons (Fsp3) is 0.160. The second-order valence-electron chi connectivity index (χ2n) is 7.63. The smallest absolute Gasteiger partial charge is 0.321 e. The van der Waals surface area contributed by atoms with Gasteiger partial charge in [-0.2, -0.15) is 0 Å². The van der Waals surface area contributed by atoms with Crippen LogP contribution < -0.4 is 10.6 Å². The first-order valence-corrected chi connectivity index (χ1v) is 10.5. The van der Waals surface area contributed by atoms with Gasteiger partial charge in [-0.25, -0.2) is 13.6 Å². The van der Waals surface area contributed by atoms with Crippen molar-refractivity contribution in [2.45, 2.75) is 12.8 Å². The highest BCUT2D eigenvalue weighted by atomic mass is 19.1. The lowest BCUT2D eigenvalue weighted by atomic mass is 10.0. The molecule has 0 radical (unpaired) electrons. The normalized spacial score (nSPS) is 13.4. The molecule has 2 heterocycles.